The number of phosphoric acid groups is 2. The van der Waals surface area contributed by atoms with E-state index in [1.54, 1.807) is 0 Å². The van der Waals surface area contributed by atoms with Crippen LogP contribution in [0.15, 0.2) is 0 Å². The van der Waals surface area contributed by atoms with Gasteiger partial charge in [0, 0.05) is 25.7 Å². The summed E-state index contributed by atoms with van der Waals surface area (Å²) in [4.78, 5) is 72.6. The summed E-state index contributed by atoms with van der Waals surface area (Å²) in [5.74, 6) is 0.0809. The van der Waals surface area contributed by atoms with Gasteiger partial charge in [0.2, 0.25) is 0 Å². The number of hydrogen-bond donors (Lipinski definition) is 3. The quantitative estimate of drug-likeness (QED) is 0.0222. The Morgan fingerprint density at radius 2 is 0.567 bits per heavy atom. The third-order valence-electron chi connectivity index (χ3n) is 16.7. The van der Waals surface area contributed by atoms with Gasteiger partial charge in [-0.1, -0.05) is 305 Å². The lowest BCUT2D eigenvalue weighted by Crippen LogP contribution is -2.30. The van der Waals surface area contributed by atoms with E-state index in [9.17, 15) is 43.2 Å². The molecule has 0 aliphatic rings. The van der Waals surface area contributed by atoms with E-state index < -0.39 is 97.5 Å². The Hall–Kier alpha value is -1.94. The van der Waals surface area contributed by atoms with Gasteiger partial charge in [0.25, 0.3) is 0 Å². The first-order valence-electron chi connectivity index (χ1n) is 36.9. The molecule has 17 nitrogen and oxygen atoms in total. The fourth-order valence-electron chi connectivity index (χ4n) is 10.7. The van der Waals surface area contributed by atoms with Crippen LogP contribution in [0.3, 0.4) is 0 Å². The molecular formula is C71H138O17P2. The number of ether oxygens (including phenoxy) is 4. The summed E-state index contributed by atoms with van der Waals surface area (Å²) in [6, 6.07) is 0. The number of hydrogen-bond acceptors (Lipinski definition) is 15. The summed E-state index contributed by atoms with van der Waals surface area (Å²) in [5.41, 5.74) is 0. The molecule has 0 rings (SSSR count). The number of carbonyl (C=O) groups excluding carboxylic acids is 4. The van der Waals surface area contributed by atoms with Crippen LogP contribution in [0.4, 0.5) is 0 Å². The van der Waals surface area contributed by atoms with Crippen LogP contribution in [-0.2, 0) is 65.4 Å². The summed E-state index contributed by atoms with van der Waals surface area (Å²) in [5, 5.41) is 10.6. The van der Waals surface area contributed by atoms with E-state index in [0.717, 1.165) is 114 Å². The highest BCUT2D eigenvalue weighted by atomic mass is 31.2. The molecule has 3 N–H and O–H groups in total. The van der Waals surface area contributed by atoms with Crippen LogP contribution in [0.5, 0.6) is 0 Å². The first-order valence-corrected chi connectivity index (χ1v) is 39.9. The van der Waals surface area contributed by atoms with Crippen molar-refractivity contribution in [3.8, 4) is 0 Å². The van der Waals surface area contributed by atoms with Gasteiger partial charge in [0.1, 0.15) is 19.3 Å². The molecule has 0 saturated heterocycles. The van der Waals surface area contributed by atoms with Crippen LogP contribution in [-0.4, -0.2) is 96.7 Å². The van der Waals surface area contributed by atoms with E-state index in [4.69, 9.17) is 37.0 Å². The van der Waals surface area contributed by atoms with E-state index in [2.05, 4.69) is 48.5 Å². The molecule has 0 spiro atoms. The molecule has 0 aromatic rings. The highest BCUT2D eigenvalue weighted by Crippen LogP contribution is 2.45. The minimum atomic E-state index is -4.95. The van der Waals surface area contributed by atoms with Gasteiger partial charge < -0.3 is 33.8 Å². The molecule has 0 fully saturated rings. The minimum Gasteiger partial charge on any atom is -0.462 e. The van der Waals surface area contributed by atoms with Gasteiger partial charge in [-0.15, -0.1) is 0 Å². The number of carbonyl (C=O) groups is 4. The Bertz CT molecular complexity index is 1770. The monoisotopic (exact) mass is 1320 g/mol. The van der Waals surface area contributed by atoms with E-state index >= 15 is 0 Å². The zero-order valence-corrected chi connectivity index (χ0v) is 60.4. The average Bonchev–Trinajstić information content (AvgIpc) is 3.03. The maximum atomic E-state index is 13.0. The van der Waals surface area contributed by atoms with Gasteiger partial charge in [-0.25, -0.2) is 9.13 Å². The Balaban J connectivity index is 5.25. The van der Waals surface area contributed by atoms with Crippen LogP contribution >= 0.6 is 15.6 Å². The topological polar surface area (TPSA) is 237 Å². The molecule has 0 saturated carbocycles. The Morgan fingerprint density at radius 3 is 0.844 bits per heavy atom. The highest BCUT2D eigenvalue weighted by molar-refractivity contribution is 7.47. The predicted molar refractivity (Wildman–Crippen MR) is 363 cm³/mol. The van der Waals surface area contributed by atoms with Gasteiger partial charge in [0.15, 0.2) is 12.2 Å². The third kappa shape index (κ3) is 63.5. The number of esters is 4. The van der Waals surface area contributed by atoms with E-state index in [-0.39, 0.29) is 25.7 Å². The summed E-state index contributed by atoms with van der Waals surface area (Å²) in [7, 11) is -9.90. The number of rotatable bonds is 69. The maximum absolute atomic E-state index is 13.0. The van der Waals surface area contributed by atoms with Crippen molar-refractivity contribution in [2.75, 3.05) is 39.6 Å². The summed E-state index contributed by atoms with van der Waals surface area (Å²) in [6.07, 6.45) is 45.9. The van der Waals surface area contributed by atoms with Crippen LogP contribution in [0.1, 0.15) is 357 Å². The zero-order valence-electron chi connectivity index (χ0n) is 58.6. The molecule has 3 unspecified atom stereocenters. The number of aliphatic hydroxyl groups is 1. The van der Waals surface area contributed by atoms with Crippen molar-refractivity contribution in [3.63, 3.8) is 0 Å². The first-order chi connectivity index (χ1) is 43.3. The first kappa shape index (κ1) is 88.1. The Kier molecular flexibility index (Phi) is 60.6. The summed E-state index contributed by atoms with van der Waals surface area (Å²) < 4.78 is 68.3. The van der Waals surface area contributed by atoms with Gasteiger partial charge in [0.05, 0.1) is 26.4 Å². The SMILES string of the molecule is CCCCCCCCCCCCCCCCCCC(=O)O[C@H](COC(=O)CCCCCCCCCCCCC(C)C)COP(=O)(O)OC[C@@H](O)COP(=O)(O)OC[C@@H](COC(=O)CCCCCCCCC(C)CC)OC(=O)CCCCCCCCCCC(C)C. The van der Waals surface area contributed by atoms with Gasteiger partial charge in [-0.05, 0) is 43.4 Å². The molecule has 0 amide bonds. The largest absolute Gasteiger partial charge is 0.472 e. The van der Waals surface area contributed by atoms with Crippen LogP contribution in [0.25, 0.3) is 0 Å². The number of unbranched alkanes of at least 4 members (excludes halogenated alkanes) is 36. The molecule has 0 aliphatic heterocycles. The second kappa shape index (κ2) is 61.9. The standard InChI is InChI=1S/C71H138O17P2/c1-8-10-11-12-13-14-15-16-17-18-19-20-25-31-40-47-54-70(75)87-66(58-81-68(73)52-45-38-30-24-22-21-23-28-35-42-49-62(3)4)60-85-89(77,78)83-56-65(72)57-84-90(79,80)86-61-67(59-82-69(74)53-46-39-34-33-37-44-51-64(7)9-2)88-71(76)55-48-41-32-27-26-29-36-43-50-63(5)6/h62-67,72H,8-61H2,1-7H3,(H,77,78)(H,79,80)/t64?,65-,66-,67-/m1/s1. The molecule has 0 heterocycles. The minimum absolute atomic E-state index is 0.103. The molecule has 19 heteroatoms. The number of aliphatic hydroxyl groups excluding tert-OH is 1. The van der Waals surface area contributed by atoms with Crippen LogP contribution < -0.4 is 0 Å². The lowest BCUT2D eigenvalue weighted by atomic mass is 10.00. The third-order valence-corrected chi connectivity index (χ3v) is 18.6. The highest BCUT2D eigenvalue weighted by Gasteiger charge is 2.30. The second-order valence-electron chi connectivity index (χ2n) is 26.8. The van der Waals surface area contributed by atoms with Crippen molar-refractivity contribution in [2.24, 2.45) is 17.8 Å². The molecule has 0 aromatic carbocycles. The predicted octanol–water partition coefficient (Wildman–Crippen LogP) is 20.2. The van der Waals surface area contributed by atoms with Gasteiger partial charge in [-0.3, -0.25) is 37.3 Å². The number of phosphoric ester groups is 2. The molecule has 0 aliphatic carbocycles. The van der Waals surface area contributed by atoms with Gasteiger partial charge >= 0.3 is 39.5 Å². The maximum Gasteiger partial charge on any atom is 0.472 e. The van der Waals surface area contributed by atoms with Crippen molar-refractivity contribution in [2.45, 2.75) is 375 Å². The van der Waals surface area contributed by atoms with E-state index in [1.807, 2.05) is 0 Å². The molecule has 90 heavy (non-hydrogen) atoms. The van der Waals surface area contributed by atoms with Crippen LogP contribution in [0.2, 0.25) is 0 Å². The Labute approximate surface area is 549 Å². The second-order valence-corrected chi connectivity index (χ2v) is 29.7. The van der Waals surface area contributed by atoms with Gasteiger partial charge in [-0.2, -0.15) is 0 Å². The molecule has 0 bridgehead atoms. The molecule has 0 radical (unpaired) electrons. The Morgan fingerprint density at radius 1 is 0.322 bits per heavy atom. The van der Waals surface area contributed by atoms with Crippen molar-refractivity contribution < 1.29 is 80.2 Å². The van der Waals surface area contributed by atoms with Crippen molar-refractivity contribution >= 4 is 39.5 Å². The van der Waals surface area contributed by atoms with E-state index in [1.165, 1.54) is 161 Å². The van der Waals surface area contributed by atoms with Crippen molar-refractivity contribution in [1.82, 2.24) is 0 Å². The fraction of sp³-hybridized carbons (Fsp3) is 0.944. The van der Waals surface area contributed by atoms with Crippen LogP contribution in [0, 0.1) is 17.8 Å². The average molecular weight is 1330 g/mol. The van der Waals surface area contributed by atoms with Crippen molar-refractivity contribution in [1.29, 1.82) is 0 Å². The lowest BCUT2D eigenvalue weighted by molar-refractivity contribution is -0.161. The summed E-state index contributed by atoms with van der Waals surface area (Å²) in [6.45, 7) is 11.8. The lowest BCUT2D eigenvalue weighted by Gasteiger charge is -2.21. The molecular weight excluding hydrogens is 1190 g/mol. The summed E-state index contributed by atoms with van der Waals surface area (Å²) >= 11 is 0. The molecule has 534 valence electrons. The van der Waals surface area contributed by atoms with Crippen molar-refractivity contribution in [3.05, 3.63) is 0 Å². The van der Waals surface area contributed by atoms with E-state index in [0.29, 0.717) is 25.7 Å². The molecule has 6 atom stereocenters. The smallest absolute Gasteiger partial charge is 0.462 e. The molecule has 0 aromatic heterocycles. The normalized spacial score (nSPS) is 14.5. The zero-order chi connectivity index (χ0) is 66.6. The fourth-order valence-corrected chi connectivity index (χ4v) is 12.3.